The largest absolute Gasteiger partial charge is 0.459 e. The van der Waals surface area contributed by atoms with Crippen LogP contribution in [0.15, 0.2) is 22.8 Å². The molecule has 9 heteroatoms. The summed E-state index contributed by atoms with van der Waals surface area (Å²) in [4.78, 5) is 29.7. The third-order valence-corrected chi connectivity index (χ3v) is 9.99. The summed E-state index contributed by atoms with van der Waals surface area (Å²) in [6.45, 7) is 2.72. The lowest BCUT2D eigenvalue weighted by molar-refractivity contribution is -0.140. The Kier molecular flexibility index (Phi) is 5.37. The average Bonchev–Trinajstić information content (AvgIpc) is 3.40. The first-order valence-electron chi connectivity index (χ1n) is 11.5. The highest BCUT2D eigenvalue weighted by Gasteiger charge is 2.55. The zero-order chi connectivity index (χ0) is 21.6. The lowest BCUT2D eigenvalue weighted by atomic mass is 9.67. The maximum atomic E-state index is 13.6. The summed E-state index contributed by atoms with van der Waals surface area (Å²) >= 11 is 0. The van der Waals surface area contributed by atoms with Crippen molar-refractivity contribution in [2.45, 2.75) is 50.2 Å². The molecule has 0 bridgehead atoms. The molecule has 3 heterocycles. The first-order valence-corrected chi connectivity index (χ1v) is 13.0. The summed E-state index contributed by atoms with van der Waals surface area (Å²) in [7, 11) is -3.28. The zero-order valence-corrected chi connectivity index (χ0v) is 18.7. The number of rotatable bonds is 4. The molecule has 0 N–H and O–H groups in total. The first kappa shape index (κ1) is 21.0. The van der Waals surface area contributed by atoms with Crippen molar-refractivity contribution in [2.24, 2.45) is 11.3 Å². The molecule has 5 rings (SSSR count). The number of furan rings is 1. The molecule has 2 aliphatic heterocycles. The van der Waals surface area contributed by atoms with Crippen LogP contribution in [0.5, 0.6) is 0 Å². The Bertz CT molecular complexity index is 926. The van der Waals surface area contributed by atoms with Gasteiger partial charge in [-0.2, -0.15) is 0 Å². The molecule has 4 aliphatic rings. The number of carbonyl (C=O) groups excluding carboxylic acids is 2. The molecule has 1 atom stereocenters. The van der Waals surface area contributed by atoms with Crippen LogP contribution < -0.4 is 0 Å². The van der Waals surface area contributed by atoms with E-state index in [1.54, 1.807) is 21.3 Å². The Labute approximate surface area is 183 Å². The van der Waals surface area contributed by atoms with Crippen LogP contribution in [-0.4, -0.2) is 78.9 Å². The number of amides is 2. The van der Waals surface area contributed by atoms with E-state index in [1.807, 2.05) is 4.90 Å². The second kappa shape index (κ2) is 7.92. The van der Waals surface area contributed by atoms with Gasteiger partial charge in [-0.05, 0) is 43.2 Å². The number of piperazine rings is 1. The summed E-state index contributed by atoms with van der Waals surface area (Å²) in [5.41, 5.74) is -0.224. The standard InChI is InChI=1S/C22H31N3O5S/c26-20(23-10-12-24(13-11-23)21(27)19-5-4-14-30-19)18-15-25(31(28,29)17-6-7-17)16-22(18)8-2-1-3-9-22/h4-5,14,17-18H,1-3,6-13,15-16H2. The highest BCUT2D eigenvalue weighted by Crippen LogP contribution is 2.50. The third-order valence-electron chi connectivity index (χ3n) is 7.68. The van der Waals surface area contributed by atoms with Crippen LogP contribution in [-0.2, 0) is 14.8 Å². The van der Waals surface area contributed by atoms with Crippen molar-refractivity contribution in [1.29, 1.82) is 0 Å². The van der Waals surface area contributed by atoms with Gasteiger partial charge in [-0.25, -0.2) is 12.7 Å². The van der Waals surface area contributed by atoms with Gasteiger partial charge in [-0.15, -0.1) is 0 Å². The molecule has 31 heavy (non-hydrogen) atoms. The molecule has 2 aliphatic carbocycles. The molecule has 2 saturated carbocycles. The lowest BCUT2D eigenvalue weighted by Crippen LogP contribution is -2.54. The molecule has 170 valence electrons. The van der Waals surface area contributed by atoms with Crippen LogP contribution in [0.3, 0.4) is 0 Å². The topological polar surface area (TPSA) is 91.1 Å². The van der Waals surface area contributed by atoms with Gasteiger partial charge in [0, 0.05) is 39.3 Å². The van der Waals surface area contributed by atoms with Crippen molar-refractivity contribution in [3.8, 4) is 0 Å². The van der Waals surface area contributed by atoms with Gasteiger partial charge in [0.05, 0.1) is 17.4 Å². The SMILES string of the molecule is O=C(c1ccco1)N1CCN(C(=O)C2CN(S(=O)(=O)C3CC3)CC23CCCCC3)CC1. The van der Waals surface area contributed by atoms with Gasteiger partial charge in [0.15, 0.2) is 5.76 Å². The van der Waals surface area contributed by atoms with E-state index in [-0.39, 0.29) is 28.4 Å². The minimum atomic E-state index is -3.28. The summed E-state index contributed by atoms with van der Waals surface area (Å²) in [6, 6.07) is 3.35. The Balaban J connectivity index is 1.29. The van der Waals surface area contributed by atoms with Crippen molar-refractivity contribution < 1.29 is 22.4 Å². The van der Waals surface area contributed by atoms with E-state index in [4.69, 9.17) is 4.42 Å². The Morgan fingerprint density at radius 2 is 1.68 bits per heavy atom. The normalized spacial score (nSPS) is 27.0. The number of carbonyl (C=O) groups is 2. The van der Waals surface area contributed by atoms with Gasteiger partial charge in [0.25, 0.3) is 5.91 Å². The van der Waals surface area contributed by atoms with E-state index in [1.165, 1.54) is 6.26 Å². The molecule has 2 saturated heterocycles. The van der Waals surface area contributed by atoms with Crippen LogP contribution in [0.1, 0.15) is 55.5 Å². The second-order valence-corrected chi connectivity index (χ2v) is 11.8. The third kappa shape index (κ3) is 3.80. The fourth-order valence-electron chi connectivity index (χ4n) is 5.70. The van der Waals surface area contributed by atoms with Gasteiger partial charge >= 0.3 is 0 Å². The van der Waals surface area contributed by atoms with Crippen molar-refractivity contribution >= 4 is 21.8 Å². The quantitative estimate of drug-likeness (QED) is 0.701. The second-order valence-electron chi connectivity index (χ2n) is 9.61. The first-order chi connectivity index (χ1) is 14.9. The number of sulfonamides is 1. The molecule has 1 spiro atoms. The number of hydrogen-bond acceptors (Lipinski definition) is 5. The van der Waals surface area contributed by atoms with E-state index < -0.39 is 10.0 Å². The highest BCUT2D eigenvalue weighted by molar-refractivity contribution is 7.90. The summed E-state index contributed by atoms with van der Waals surface area (Å²) in [5, 5.41) is -0.238. The van der Waals surface area contributed by atoms with Gasteiger partial charge in [0.1, 0.15) is 0 Å². The van der Waals surface area contributed by atoms with Crippen molar-refractivity contribution in [1.82, 2.24) is 14.1 Å². The molecule has 2 amide bonds. The van der Waals surface area contributed by atoms with Crippen molar-refractivity contribution in [3.63, 3.8) is 0 Å². The zero-order valence-electron chi connectivity index (χ0n) is 17.9. The molecule has 0 radical (unpaired) electrons. The van der Waals surface area contributed by atoms with Gasteiger partial charge in [-0.1, -0.05) is 19.3 Å². The molecule has 1 aromatic heterocycles. The monoisotopic (exact) mass is 449 g/mol. The van der Waals surface area contributed by atoms with E-state index in [0.29, 0.717) is 45.0 Å². The van der Waals surface area contributed by atoms with E-state index >= 15 is 0 Å². The molecular weight excluding hydrogens is 418 g/mol. The molecule has 1 aromatic rings. The smallest absolute Gasteiger partial charge is 0.289 e. The average molecular weight is 450 g/mol. The predicted octanol–water partition coefficient (Wildman–Crippen LogP) is 1.94. The van der Waals surface area contributed by atoms with Crippen LogP contribution in [0.25, 0.3) is 0 Å². The fraction of sp³-hybridized carbons (Fsp3) is 0.727. The van der Waals surface area contributed by atoms with E-state index in [0.717, 1.165) is 44.9 Å². The van der Waals surface area contributed by atoms with Crippen LogP contribution in [0.4, 0.5) is 0 Å². The van der Waals surface area contributed by atoms with Gasteiger partial charge in [-0.3, -0.25) is 9.59 Å². The number of hydrogen-bond donors (Lipinski definition) is 0. The molecular formula is C22H31N3O5S. The Morgan fingerprint density at radius 3 is 2.29 bits per heavy atom. The number of nitrogens with zero attached hydrogens (tertiary/aromatic N) is 3. The van der Waals surface area contributed by atoms with Crippen LogP contribution >= 0.6 is 0 Å². The fourth-order valence-corrected chi connectivity index (χ4v) is 7.65. The minimum absolute atomic E-state index is 0.0699. The van der Waals surface area contributed by atoms with Crippen LogP contribution in [0, 0.1) is 11.3 Å². The maximum Gasteiger partial charge on any atom is 0.289 e. The summed E-state index contributed by atoms with van der Waals surface area (Å²) in [6.07, 6.45) is 8.11. The van der Waals surface area contributed by atoms with E-state index in [9.17, 15) is 18.0 Å². The van der Waals surface area contributed by atoms with Crippen molar-refractivity contribution in [3.05, 3.63) is 24.2 Å². The van der Waals surface area contributed by atoms with Gasteiger partial charge < -0.3 is 14.2 Å². The molecule has 8 nitrogen and oxygen atoms in total. The predicted molar refractivity (Wildman–Crippen MR) is 114 cm³/mol. The summed E-state index contributed by atoms with van der Waals surface area (Å²) in [5.74, 6) is -0.0322. The van der Waals surface area contributed by atoms with Crippen molar-refractivity contribution in [2.75, 3.05) is 39.3 Å². The van der Waals surface area contributed by atoms with Crippen LogP contribution in [0.2, 0.25) is 0 Å². The van der Waals surface area contributed by atoms with E-state index in [2.05, 4.69) is 0 Å². The molecule has 0 aromatic carbocycles. The minimum Gasteiger partial charge on any atom is -0.459 e. The molecule has 4 fully saturated rings. The highest BCUT2D eigenvalue weighted by atomic mass is 32.2. The Hall–Kier alpha value is -1.87. The van der Waals surface area contributed by atoms with Gasteiger partial charge in [0.2, 0.25) is 15.9 Å². The molecule has 1 unspecified atom stereocenters. The Morgan fingerprint density at radius 1 is 1.00 bits per heavy atom. The lowest BCUT2D eigenvalue weighted by Gasteiger charge is -2.41. The maximum absolute atomic E-state index is 13.6. The summed E-state index contributed by atoms with van der Waals surface area (Å²) < 4.78 is 32.7.